The number of nitrogens with two attached hydrogens (primary N) is 1. The summed E-state index contributed by atoms with van der Waals surface area (Å²) in [5, 5.41) is 0. The Morgan fingerprint density at radius 2 is 2.31 bits per heavy atom. The molecule has 0 saturated carbocycles. The second kappa shape index (κ2) is 3.18. The van der Waals surface area contributed by atoms with Crippen LogP contribution in [0.2, 0.25) is 0 Å². The molecule has 0 aliphatic rings. The van der Waals surface area contributed by atoms with Gasteiger partial charge < -0.3 is 10.3 Å². The van der Waals surface area contributed by atoms with E-state index in [-0.39, 0.29) is 0 Å². The molecule has 1 heterocycles. The number of benzene rings is 1. The van der Waals surface area contributed by atoms with E-state index >= 15 is 0 Å². The number of imidazole rings is 1. The van der Waals surface area contributed by atoms with Crippen molar-refractivity contribution < 1.29 is 0 Å². The smallest absolute Gasteiger partial charge is 0.0958 e. The first-order valence-electron chi connectivity index (χ1n) is 4.49. The maximum atomic E-state index is 5.62. The van der Waals surface area contributed by atoms with Gasteiger partial charge in [-0.15, -0.1) is 0 Å². The molecule has 0 fully saturated rings. The molecule has 0 spiro atoms. The molecule has 1 aromatic carbocycles. The Balaban J connectivity index is 2.72. The zero-order chi connectivity index (χ0) is 9.26. The highest BCUT2D eigenvalue weighted by Crippen LogP contribution is 2.16. The molecule has 0 amide bonds. The summed E-state index contributed by atoms with van der Waals surface area (Å²) in [7, 11) is 0. The molecule has 0 aliphatic carbocycles. The molecule has 0 bridgehead atoms. The lowest BCUT2D eigenvalue weighted by atomic mass is 10.2. The van der Waals surface area contributed by atoms with E-state index in [0.29, 0.717) is 6.54 Å². The fourth-order valence-electron chi connectivity index (χ4n) is 1.56. The Kier molecular flexibility index (Phi) is 2.02. The summed E-state index contributed by atoms with van der Waals surface area (Å²) in [5.41, 5.74) is 8.94. The summed E-state index contributed by atoms with van der Waals surface area (Å²) in [4.78, 5) is 4.34. The number of hydrogen-bond donors (Lipinski definition) is 1. The van der Waals surface area contributed by atoms with Crippen molar-refractivity contribution in [2.75, 3.05) is 0 Å². The van der Waals surface area contributed by atoms with E-state index in [4.69, 9.17) is 5.73 Å². The van der Waals surface area contributed by atoms with Crippen LogP contribution in [0, 0.1) is 0 Å². The van der Waals surface area contributed by atoms with Crippen molar-refractivity contribution in [2.45, 2.75) is 20.0 Å². The van der Waals surface area contributed by atoms with Crippen LogP contribution < -0.4 is 5.73 Å². The van der Waals surface area contributed by atoms with Crippen LogP contribution in [-0.2, 0) is 13.1 Å². The van der Waals surface area contributed by atoms with Gasteiger partial charge in [0.1, 0.15) is 0 Å². The Labute approximate surface area is 77.2 Å². The van der Waals surface area contributed by atoms with Crippen LogP contribution in [0.25, 0.3) is 11.0 Å². The van der Waals surface area contributed by atoms with Crippen molar-refractivity contribution in [3.8, 4) is 0 Å². The minimum Gasteiger partial charge on any atom is -0.331 e. The van der Waals surface area contributed by atoms with Crippen molar-refractivity contribution in [2.24, 2.45) is 5.73 Å². The minimum atomic E-state index is 0.554. The largest absolute Gasteiger partial charge is 0.331 e. The fraction of sp³-hybridized carbons (Fsp3) is 0.300. The van der Waals surface area contributed by atoms with Crippen molar-refractivity contribution >= 4 is 11.0 Å². The van der Waals surface area contributed by atoms with Gasteiger partial charge in [-0.05, 0) is 18.6 Å². The SMILES string of the molecule is CCn1cnc2c(CN)cccc21. The van der Waals surface area contributed by atoms with Crippen LogP contribution in [0.3, 0.4) is 0 Å². The van der Waals surface area contributed by atoms with E-state index in [1.807, 2.05) is 18.5 Å². The number of nitrogens with zero attached hydrogens (tertiary/aromatic N) is 2. The average molecular weight is 175 g/mol. The molecular weight excluding hydrogens is 162 g/mol. The zero-order valence-corrected chi connectivity index (χ0v) is 7.70. The lowest BCUT2D eigenvalue weighted by Gasteiger charge is -2.00. The van der Waals surface area contributed by atoms with E-state index in [0.717, 1.165) is 17.6 Å². The van der Waals surface area contributed by atoms with Gasteiger partial charge in [0.2, 0.25) is 0 Å². The number of aryl methyl sites for hydroxylation is 1. The van der Waals surface area contributed by atoms with E-state index in [2.05, 4.69) is 22.5 Å². The van der Waals surface area contributed by atoms with E-state index in [1.165, 1.54) is 5.52 Å². The third-order valence-corrected chi connectivity index (χ3v) is 2.29. The molecule has 0 aliphatic heterocycles. The average Bonchev–Trinajstić information content (AvgIpc) is 2.60. The van der Waals surface area contributed by atoms with E-state index in [1.54, 1.807) is 0 Å². The van der Waals surface area contributed by atoms with Crippen molar-refractivity contribution in [1.29, 1.82) is 0 Å². The quantitative estimate of drug-likeness (QED) is 0.752. The van der Waals surface area contributed by atoms with Crippen LogP contribution in [0.15, 0.2) is 24.5 Å². The van der Waals surface area contributed by atoms with Crippen LogP contribution in [-0.4, -0.2) is 9.55 Å². The molecular formula is C10H13N3. The Bertz CT molecular complexity index is 417. The summed E-state index contributed by atoms with van der Waals surface area (Å²) in [6, 6.07) is 6.12. The number of hydrogen-bond acceptors (Lipinski definition) is 2. The molecule has 2 rings (SSSR count). The van der Waals surface area contributed by atoms with E-state index < -0.39 is 0 Å². The molecule has 2 N–H and O–H groups in total. The highest BCUT2D eigenvalue weighted by atomic mass is 15.0. The minimum absolute atomic E-state index is 0.554. The summed E-state index contributed by atoms with van der Waals surface area (Å²) < 4.78 is 2.12. The third-order valence-electron chi connectivity index (χ3n) is 2.29. The second-order valence-electron chi connectivity index (χ2n) is 3.02. The standard InChI is InChI=1S/C10H13N3/c1-2-13-7-12-10-8(6-11)4-3-5-9(10)13/h3-5,7H,2,6,11H2,1H3. The van der Waals surface area contributed by atoms with Gasteiger partial charge in [0.05, 0.1) is 17.4 Å². The molecule has 3 nitrogen and oxygen atoms in total. The highest BCUT2D eigenvalue weighted by Gasteiger charge is 2.03. The maximum absolute atomic E-state index is 5.62. The molecule has 0 saturated heterocycles. The molecule has 3 heteroatoms. The number of aromatic nitrogens is 2. The number of fused-ring (bicyclic) bond motifs is 1. The first-order chi connectivity index (χ1) is 6.36. The maximum Gasteiger partial charge on any atom is 0.0958 e. The van der Waals surface area contributed by atoms with Gasteiger partial charge in [0.15, 0.2) is 0 Å². The van der Waals surface area contributed by atoms with Crippen LogP contribution in [0.1, 0.15) is 12.5 Å². The number of rotatable bonds is 2. The molecule has 68 valence electrons. The van der Waals surface area contributed by atoms with Crippen molar-refractivity contribution in [3.05, 3.63) is 30.1 Å². The Hall–Kier alpha value is -1.35. The Morgan fingerprint density at radius 3 is 3.00 bits per heavy atom. The summed E-state index contributed by atoms with van der Waals surface area (Å²) in [6.45, 7) is 3.61. The normalized spacial score (nSPS) is 10.9. The summed E-state index contributed by atoms with van der Waals surface area (Å²) >= 11 is 0. The predicted octanol–water partition coefficient (Wildman–Crippen LogP) is 1.51. The Morgan fingerprint density at radius 1 is 1.46 bits per heavy atom. The summed E-state index contributed by atoms with van der Waals surface area (Å²) in [6.07, 6.45) is 1.86. The van der Waals surface area contributed by atoms with Gasteiger partial charge in [-0.3, -0.25) is 0 Å². The second-order valence-corrected chi connectivity index (χ2v) is 3.02. The van der Waals surface area contributed by atoms with Gasteiger partial charge in [-0.25, -0.2) is 4.98 Å². The molecule has 0 atom stereocenters. The first kappa shape index (κ1) is 8.26. The van der Waals surface area contributed by atoms with Crippen LogP contribution in [0.4, 0.5) is 0 Å². The van der Waals surface area contributed by atoms with E-state index in [9.17, 15) is 0 Å². The van der Waals surface area contributed by atoms with Crippen molar-refractivity contribution in [1.82, 2.24) is 9.55 Å². The molecule has 2 aromatic rings. The van der Waals surface area contributed by atoms with Gasteiger partial charge in [-0.2, -0.15) is 0 Å². The topological polar surface area (TPSA) is 43.8 Å². The molecule has 1 aromatic heterocycles. The fourth-order valence-corrected chi connectivity index (χ4v) is 1.56. The lowest BCUT2D eigenvalue weighted by molar-refractivity contribution is 0.787. The number of para-hydroxylation sites is 1. The zero-order valence-electron chi connectivity index (χ0n) is 7.70. The molecule has 13 heavy (non-hydrogen) atoms. The predicted molar refractivity (Wildman–Crippen MR) is 53.3 cm³/mol. The first-order valence-corrected chi connectivity index (χ1v) is 4.49. The van der Waals surface area contributed by atoms with Crippen LogP contribution >= 0.6 is 0 Å². The molecule has 0 unspecified atom stereocenters. The van der Waals surface area contributed by atoms with Crippen molar-refractivity contribution in [3.63, 3.8) is 0 Å². The van der Waals surface area contributed by atoms with Gasteiger partial charge >= 0.3 is 0 Å². The summed E-state index contributed by atoms with van der Waals surface area (Å²) in [5.74, 6) is 0. The van der Waals surface area contributed by atoms with Gasteiger partial charge in [0.25, 0.3) is 0 Å². The third kappa shape index (κ3) is 1.21. The van der Waals surface area contributed by atoms with Crippen LogP contribution in [0.5, 0.6) is 0 Å². The van der Waals surface area contributed by atoms with Gasteiger partial charge in [-0.1, -0.05) is 12.1 Å². The molecule has 0 radical (unpaired) electrons. The lowest BCUT2D eigenvalue weighted by Crippen LogP contribution is -1.97. The monoisotopic (exact) mass is 175 g/mol. The van der Waals surface area contributed by atoms with Gasteiger partial charge in [0, 0.05) is 13.1 Å². The highest BCUT2D eigenvalue weighted by molar-refractivity contribution is 5.78.